The predicted octanol–water partition coefficient (Wildman–Crippen LogP) is 7.05. The van der Waals surface area contributed by atoms with Crippen molar-refractivity contribution in [1.29, 1.82) is 0 Å². The van der Waals surface area contributed by atoms with Crippen LogP contribution in [-0.2, 0) is 36.0 Å². The summed E-state index contributed by atoms with van der Waals surface area (Å²) in [4.78, 5) is 46.1. The van der Waals surface area contributed by atoms with Gasteiger partial charge in [0.15, 0.2) is 5.60 Å². The SMILES string of the molecule is CC(C)(C)c1c(-c2ccccc2C(=O)OOC(=O)c2ccccc2)ccc(C2(C)COO2)c1C(C)(C)C. The zero-order chi connectivity index (χ0) is 27.0. The molecule has 1 atom stereocenters. The highest BCUT2D eigenvalue weighted by Gasteiger charge is 2.44. The molecule has 0 saturated carbocycles. The maximum Gasteiger partial charge on any atom is 0.386 e. The van der Waals surface area contributed by atoms with Crippen LogP contribution in [0.3, 0.4) is 0 Å². The van der Waals surface area contributed by atoms with E-state index in [0.717, 1.165) is 22.3 Å². The Morgan fingerprint density at radius 3 is 1.86 bits per heavy atom. The monoisotopic (exact) mass is 502 g/mol. The van der Waals surface area contributed by atoms with E-state index in [2.05, 4.69) is 47.6 Å². The number of hydrogen-bond acceptors (Lipinski definition) is 6. The highest BCUT2D eigenvalue weighted by molar-refractivity contribution is 5.98. The van der Waals surface area contributed by atoms with Crippen LogP contribution in [0, 0.1) is 0 Å². The number of rotatable bonds is 4. The molecule has 1 fully saturated rings. The van der Waals surface area contributed by atoms with Crippen LogP contribution >= 0.6 is 0 Å². The van der Waals surface area contributed by atoms with Gasteiger partial charge in [-0.25, -0.2) is 29.1 Å². The molecule has 6 heteroatoms. The van der Waals surface area contributed by atoms with Crippen LogP contribution < -0.4 is 0 Å². The van der Waals surface area contributed by atoms with E-state index in [0.29, 0.717) is 23.3 Å². The van der Waals surface area contributed by atoms with E-state index in [4.69, 9.17) is 19.6 Å². The maximum atomic E-state index is 13.2. The van der Waals surface area contributed by atoms with E-state index in [-0.39, 0.29) is 10.8 Å². The van der Waals surface area contributed by atoms with Gasteiger partial charge in [-0.3, -0.25) is 0 Å². The first-order chi connectivity index (χ1) is 17.3. The van der Waals surface area contributed by atoms with Gasteiger partial charge in [0.1, 0.15) is 6.61 Å². The molecule has 0 aromatic heterocycles. The normalized spacial score (nSPS) is 17.6. The Bertz CT molecular complexity index is 1310. The highest BCUT2D eigenvalue weighted by Crippen LogP contribution is 2.47. The average molecular weight is 503 g/mol. The van der Waals surface area contributed by atoms with Gasteiger partial charge < -0.3 is 0 Å². The summed E-state index contributed by atoms with van der Waals surface area (Å²) in [5, 5.41) is 0. The van der Waals surface area contributed by atoms with E-state index in [1.807, 2.05) is 25.1 Å². The lowest BCUT2D eigenvalue weighted by Gasteiger charge is -2.43. The largest absolute Gasteiger partial charge is 0.386 e. The van der Waals surface area contributed by atoms with Crippen LogP contribution in [0.4, 0.5) is 0 Å². The van der Waals surface area contributed by atoms with Gasteiger partial charge >= 0.3 is 11.9 Å². The van der Waals surface area contributed by atoms with Gasteiger partial charge in [0.25, 0.3) is 0 Å². The fraction of sp³-hybridized carbons (Fsp3) is 0.355. The molecule has 1 heterocycles. The first-order valence-electron chi connectivity index (χ1n) is 12.4. The lowest BCUT2D eigenvalue weighted by Crippen LogP contribution is -2.44. The van der Waals surface area contributed by atoms with E-state index < -0.39 is 17.5 Å². The minimum absolute atomic E-state index is 0.226. The second-order valence-electron chi connectivity index (χ2n) is 11.6. The fourth-order valence-electron chi connectivity index (χ4n) is 4.82. The van der Waals surface area contributed by atoms with Gasteiger partial charge in [0.05, 0.1) is 11.1 Å². The summed E-state index contributed by atoms with van der Waals surface area (Å²) >= 11 is 0. The third-order valence-electron chi connectivity index (χ3n) is 6.49. The Labute approximate surface area is 218 Å². The summed E-state index contributed by atoms with van der Waals surface area (Å²) in [6.45, 7) is 15.5. The smallest absolute Gasteiger partial charge is 0.242 e. The Kier molecular flexibility index (Phi) is 7.01. The topological polar surface area (TPSA) is 71.1 Å². The van der Waals surface area contributed by atoms with Gasteiger partial charge in [0, 0.05) is 0 Å². The lowest BCUT2D eigenvalue weighted by molar-refractivity contribution is -0.474. The summed E-state index contributed by atoms with van der Waals surface area (Å²) in [6.07, 6.45) is 0. The van der Waals surface area contributed by atoms with Crippen molar-refractivity contribution in [2.45, 2.75) is 64.9 Å². The summed E-state index contributed by atoms with van der Waals surface area (Å²) in [6, 6.07) is 19.7. The molecule has 0 N–H and O–H groups in total. The van der Waals surface area contributed by atoms with Gasteiger partial charge in [-0.2, -0.15) is 0 Å². The van der Waals surface area contributed by atoms with Crippen LogP contribution in [0.1, 0.15) is 85.9 Å². The Morgan fingerprint density at radius 2 is 1.30 bits per heavy atom. The van der Waals surface area contributed by atoms with Gasteiger partial charge in [-0.05, 0) is 63.8 Å². The van der Waals surface area contributed by atoms with Crippen molar-refractivity contribution in [1.82, 2.24) is 0 Å². The zero-order valence-corrected chi connectivity index (χ0v) is 22.5. The second kappa shape index (κ2) is 9.77. The molecule has 3 aromatic carbocycles. The van der Waals surface area contributed by atoms with Crippen LogP contribution in [0.15, 0.2) is 66.7 Å². The summed E-state index contributed by atoms with van der Waals surface area (Å²) < 4.78 is 0. The molecule has 1 saturated heterocycles. The van der Waals surface area contributed by atoms with Crippen LogP contribution in [-0.4, -0.2) is 18.5 Å². The minimum atomic E-state index is -0.746. The number of hydrogen-bond donors (Lipinski definition) is 0. The third-order valence-corrected chi connectivity index (χ3v) is 6.49. The molecule has 6 nitrogen and oxygen atoms in total. The average Bonchev–Trinajstić information content (AvgIpc) is 2.84. The summed E-state index contributed by atoms with van der Waals surface area (Å²) in [5.41, 5.74) is 4.48. The molecule has 0 amide bonds. The van der Waals surface area contributed by atoms with Crippen LogP contribution in [0.5, 0.6) is 0 Å². The van der Waals surface area contributed by atoms with Crippen molar-refractivity contribution in [3.05, 3.63) is 94.5 Å². The molecular formula is C31H34O6. The molecule has 1 aliphatic rings. The Hall–Kier alpha value is -3.48. The molecule has 4 rings (SSSR count). The maximum absolute atomic E-state index is 13.2. The predicted molar refractivity (Wildman–Crippen MR) is 141 cm³/mol. The van der Waals surface area contributed by atoms with Crippen molar-refractivity contribution < 1.29 is 29.1 Å². The Balaban J connectivity index is 1.80. The zero-order valence-electron chi connectivity index (χ0n) is 22.5. The molecule has 37 heavy (non-hydrogen) atoms. The first kappa shape index (κ1) is 26.6. The molecule has 0 spiro atoms. The lowest BCUT2D eigenvalue weighted by atomic mass is 9.68. The van der Waals surface area contributed by atoms with Crippen molar-refractivity contribution in [2.75, 3.05) is 6.61 Å². The van der Waals surface area contributed by atoms with Gasteiger partial charge in [-0.1, -0.05) is 90.1 Å². The number of carbonyl (C=O) groups excluding carboxylic acids is 2. The first-order valence-corrected chi connectivity index (χ1v) is 12.4. The molecule has 1 aliphatic heterocycles. The highest BCUT2D eigenvalue weighted by atomic mass is 17.2. The minimum Gasteiger partial charge on any atom is -0.242 e. The van der Waals surface area contributed by atoms with E-state index >= 15 is 0 Å². The number of carbonyl (C=O) groups is 2. The van der Waals surface area contributed by atoms with Gasteiger partial charge in [0.2, 0.25) is 0 Å². The second-order valence-corrected chi connectivity index (χ2v) is 11.6. The van der Waals surface area contributed by atoms with Crippen molar-refractivity contribution in [2.24, 2.45) is 0 Å². The van der Waals surface area contributed by atoms with E-state index in [1.54, 1.807) is 42.5 Å². The summed E-state index contributed by atoms with van der Waals surface area (Å²) in [5.74, 6) is -1.49. The summed E-state index contributed by atoms with van der Waals surface area (Å²) in [7, 11) is 0. The molecule has 194 valence electrons. The Morgan fingerprint density at radius 1 is 0.730 bits per heavy atom. The fourth-order valence-corrected chi connectivity index (χ4v) is 4.82. The molecule has 0 bridgehead atoms. The third kappa shape index (κ3) is 5.31. The van der Waals surface area contributed by atoms with Crippen molar-refractivity contribution in [3.8, 4) is 11.1 Å². The van der Waals surface area contributed by atoms with E-state index in [9.17, 15) is 9.59 Å². The quantitative estimate of drug-likeness (QED) is 0.281. The van der Waals surface area contributed by atoms with Gasteiger partial charge in [-0.15, -0.1) is 0 Å². The van der Waals surface area contributed by atoms with E-state index in [1.165, 1.54) is 0 Å². The van der Waals surface area contributed by atoms with Crippen LogP contribution in [0.2, 0.25) is 0 Å². The molecule has 0 radical (unpaired) electrons. The molecular weight excluding hydrogens is 468 g/mol. The molecule has 0 aliphatic carbocycles. The van der Waals surface area contributed by atoms with Crippen LogP contribution in [0.25, 0.3) is 11.1 Å². The molecule has 1 unspecified atom stereocenters. The van der Waals surface area contributed by atoms with Crippen molar-refractivity contribution in [3.63, 3.8) is 0 Å². The standard InChI is InChI=1S/C31H34O6/c1-29(2,3)25-22(17-18-24(26(25)30(4,5)6)31(7)19-34-37-31)21-15-11-12-16-23(21)28(33)36-35-27(32)20-13-9-8-10-14-20/h8-18H,19H2,1-7H3. The van der Waals surface area contributed by atoms with Crippen molar-refractivity contribution >= 4 is 11.9 Å². The number of benzene rings is 3. The molecule has 3 aromatic rings.